The number of rotatable bonds is 9. The second-order valence-corrected chi connectivity index (χ2v) is 9.48. The molecule has 2 aliphatic rings. The lowest BCUT2D eigenvalue weighted by molar-refractivity contribution is 0.182. The van der Waals surface area contributed by atoms with E-state index in [1.807, 2.05) is 0 Å². The third-order valence-electron chi connectivity index (χ3n) is 7.07. The molecule has 2 nitrogen and oxygen atoms in total. The smallest absolute Gasteiger partial charge is 0.204 e. The highest BCUT2D eigenvalue weighted by molar-refractivity contribution is 5.44. The van der Waals surface area contributed by atoms with Crippen LogP contribution in [0.1, 0.15) is 84.1 Å². The largest absolute Gasteiger partial charge is 0.490 e. The van der Waals surface area contributed by atoms with Crippen LogP contribution in [0.25, 0.3) is 0 Å². The molecule has 0 N–H and O–H groups in total. The summed E-state index contributed by atoms with van der Waals surface area (Å²) in [6.07, 6.45) is 12.0. The summed E-state index contributed by atoms with van der Waals surface area (Å²) in [5.74, 6) is 1.12. The van der Waals surface area contributed by atoms with Crippen LogP contribution in [0.15, 0.2) is 6.07 Å². The van der Waals surface area contributed by atoms with Crippen molar-refractivity contribution in [3.8, 4) is 11.5 Å². The van der Waals surface area contributed by atoms with Crippen LogP contribution in [-0.2, 0) is 6.42 Å². The maximum Gasteiger partial charge on any atom is 0.204 e. The number of aryl methyl sites for hydroxylation is 1. The molecule has 0 amide bonds. The van der Waals surface area contributed by atoms with Gasteiger partial charge in [0.2, 0.25) is 11.6 Å². The van der Waals surface area contributed by atoms with Gasteiger partial charge in [-0.15, -0.1) is 0 Å². The summed E-state index contributed by atoms with van der Waals surface area (Å²) in [6.45, 7) is 7.68. The van der Waals surface area contributed by atoms with E-state index in [1.54, 1.807) is 6.07 Å². The fourth-order valence-electron chi connectivity index (χ4n) is 5.07. The highest BCUT2D eigenvalue weighted by atomic mass is 19.2. The van der Waals surface area contributed by atoms with Crippen molar-refractivity contribution in [2.45, 2.75) is 85.0 Å². The van der Waals surface area contributed by atoms with E-state index in [0.29, 0.717) is 31.1 Å². The Bertz CT molecular complexity index is 653. The third kappa shape index (κ3) is 5.86. The first-order valence-electron chi connectivity index (χ1n) is 11.8. The predicted molar refractivity (Wildman–Crippen MR) is 114 cm³/mol. The molecule has 1 fully saturated rings. The molecule has 0 radical (unpaired) electrons. The zero-order valence-electron chi connectivity index (χ0n) is 18.4. The van der Waals surface area contributed by atoms with Crippen molar-refractivity contribution in [3.05, 3.63) is 23.3 Å². The predicted octanol–water partition coefficient (Wildman–Crippen LogP) is 7.33. The molecule has 0 saturated heterocycles. The summed E-state index contributed by atoms with van der Waals surface area (Å²) in [4.78, 5) is 0. The summed E-state index contributed by atoms with van der Waals surface area (Å²) in [5.41, 5.74) is 0.713. The summed E-state index contributed by atoms with van der Waals surface area (Å²) in [7, 11) is 0. The molecular formula is C25H38F2O2. The maximum atomic E-state index is 14.3. The molecule has 3 rings (SSSR count). The summed E-state index contributed by atoms with van der Waals surface area (Å²) in [5, 5.41) is 0. The van der Waals surface area contributed by atoms with Crippen LogP contribution in [0.3, 0.4) is 0 Å². The molecule has 1 aliphatic carbocycles. The van der Waals surface area contributed by atoms with E-state index < -0.39 is 11.6 Å². The van der Waals surface area contributed by atoms with Crippen molar-refractivity contribution in [1.29, 1.82) is 0 Å². The average Bonchev–Trinajstić information content (AvgIpc) is 2.74. The van der Waals surface area contributed by atoms with Gasteiger partial charge in [-0.05, 0) is 61.8 Å². The Labute approximate surface area is 175 Å². The number of halogens is 2. The van der Waals surface area contributed by atoms with Gasteiger partial charge >= 0.3 is 0 Å². The highest BCUT2D eigenvalue weighted by Gasteiger charge is 2.26. The minimum atomic E-state index is -0.921. The van der Waals surface area contributed by atoms with E-state index >= 15 is 0 Å². The van der Waals surface area contributed by atoms with E-state index in [1.165, 1.54) is 44.9 Å². The minimum Gasteiger partial charge on any atom is -0.490 e. The number of hydrogen-bond donors (Lipinski definition) is 0. The van der Waals surface area contributed by atoms with Gasteiger partial charge in [-0.3, -0.25) is 0 Å². The lowest BCUT2D eigenvalue weighted by Gasteiger charge is -2.32. The summed E-state index contributed by atoms with van der Waals surface area (Å²) < 4.78 is 39.5. The Morgan fingerprint density at radius 2 is 1.86 bits per heavy atom. The van der Waals surface area contributed by atoms with Gasteiger partial charge in [0, 0.05) is 5.56 Å². The Morgan fingerprint density at radius 1 is 1.10 bits per heavy atom. The van der Waals surface area contributed by atoms with E-state index in [4.69, 9.17) is 9.47 Å². The lowest BCUT2D eigenvalue weighted by atomic mass is 9.73. The highest BCUT2D eigenvalue weighted by Crippen LogP contribution is 2.38. The second-order valence-electron chi connectivity index (χ2n) is 9.48. The van der Waals surface area contributed by atoms with Crippen molar-refractivity contribution in [2.75, 3.05) is 13.2 Å². The van der Waals surface area contributed by atoms with Crippen LogP contribution in [0, 0.1) is 35.3 Å². The van der Waals surface area contributed by atoms with Crippen LogP contribution in [0.2, 0.25) is 0 Å². The van der Waals surface area contributed by atoms with Crippen LogP contribution in [0.5, 0.6) is 11.5 Å². The molecular weight excluding hydrogens is 370 g/mol. The van der Waals surface area contributed by atoms with Gasteiger partial charge in [-0.2, -0.15) is 8.78 Å². The molecule has 29 heavy (non-hydrogen) atoms. The third-order valence-corrected chi connectivity index (χ3v) is 7.07. The van der Waals surface area contributed by atoms with E-state index in [0.717, 1.165) is 30.6 Å². The lowest BCUT2D eigenvalue weighted by Crippen LogP contribution is -2.21. The van der Waals surface area contributed by atoms with Crippen molar-refractivity contribution in [3.63, 3.8) is 0 Å². The Hall–Kier alpha value is -1.32. The molecule has 1 aliphatic heterocycles. The molecule has 0 bridgehead atoms. The van der Waals surface area contributed by atoms with Crippen LogP contribution >= 0.6 is 0 Å². The number of ether oxygens (including phenoxy) is 2. The average molecular weight is 409 g/mol. The Morgan fingerprint density at radius 3 is 2.59 bits per heavy atom. The molecule has 2 unspecified atom stereocenters. The van der Waals surface area contributed by atoms with Gasteiger partial charge in [-0.25, -0.2) is 0 Å². The summed E-state index contributed by atoms with van der Waals surface area (Å²) >= 11 is 0. The molecule has 0 aromatic heterocycles. The quantitative estimate of drug-likeness (QED) is 0.426. The summed E-state index contributed by atoms with van der Waals surface area (Å²) in [6, 6.07) is 1.62. The van der Waals surface area contributed by atoms with Crippen molar-refractivity contribution in [1.82, 2.24) is 0 Å². The molecule has 0 spiro atoms. The van der Waals surface area contributed by atoms with Gasteiger partial charge in [-0.1, -0.05) is 52.9 Å². The molecule has 2 atom stereocenters. The van der Waals surface area contributed by atoms with E-state index in [9.17, 15) is 8.78 Å². The first-order chi connectivity index (χ1) is 14.0. The number of hydrogen-bond acceptors (Lipinski definition) is 2. The second kappa shape index (κ2) is 10.6. The van der Waals surface area contributed by atoms with Crippen LogP contribution in [-0.4, -0.2) is 13.2 Å². The van der Waals surface area contributed by atoms with Gasteiger partial charge < -0.3 is 9.47 Å². The normalized spacial score (nSPS) is 23.8. The van der Waals surface area contributed by atoms with Crippen LogP contribution < -0.4 is 9.47 Å². The zero-order chi connectivity index (χ0) is 20.8. The minimum absolute atomic E-state index is 0.0286. The molecule has 1 aromatic carbocycles. The van der Waals surface area contributed by atoms with Crippen molar-refractivity contribution >= 4 is 0 Å². The standard InChI is InChI=1S/C25H38F2O2/c1-4-6-19-10-12-20(13-11-19)18(3)9-8-17(2)16-29-22-15-21-7-5-14-28-25(21)24(27)23(22)26/h15,17-20H,4-14,16H2,1-3H3. The first-order valence-corrected chi connectivity index (χ1v) is 11.8. The first kappa shape index (κ1) is 22.4. The van der Waals surface area contributed by atoms with E-state index in [2.05, 4.69) is 20.8 Å². The van der Waals surface area contributed by atoms with Gasteiger partial charge in [0.25, 0.3) is 0 Å². The maximum absolute atomic E-state index is 14.3. The number of fused-ring (bicyclic) bond motifs is 1. The molecule has 1 saturated carbocycles. The SMILES string of the molecule is CCCC1CCC(C(C)CCC(C)COc2cc3c(c(F)c2F)OCCC3)CC1. The molecule has 1 aromatic rings. The fraction of sp³-hybridized carbons (Fsp3) is 0.760. The van der Waals surface area contributed by atoms with Gasteiger partial charge in [0.05, 0.1) is 13.2 Å². The Kier molecular flexibility index (Phi) is 8.20. The molecule has 1 heterocycles. The monoisotopic (exact) mass is 408 g/mol. The van der Waals surface area contributed by atoms with Crippen molar-refractivity contribution in [2.24, 2.45) is 23.7 Å². The van der Waals surface area contributed by atoms with Crippen molar-refractivity contribution < 1.29 is 18.3 Å². The van der Waals surface area contributed by atoms with Gasteiger partial charge in [0.1, 0.15) is 0 Å². The fourth-order valence-corrected chi connectivity index (χ4v) is 5.07. The van der Waals surface area contributed by atoms with E-state index in [-0.39, 0.29) is 11.5 Å². The van der Waals surface area contributed by atoms with Gasteiger partial charge in [0.15, 0.2) is 11.5 Å². The van der Waals surface area contributed by atoms with Crippen LogP contribution in [0.4, 0.5) is 8.78 Å². The molecule has 4 heteroatoms. The topological polar surface area (TPSA) is 18.5 Å². The number of benzene rings is 1. The zero-order valence-corrected chi connectivity index (χ0v) is 18.4. The molecule has 164 valence electrons. The Balaban J connectivity index is 1.43.